The van der Waals surface area contributed by atoms with Crippen LogP contribution in [-0.4, -0.2) is 0 Å². The molecule has 0 atom stereocenters. The van der Waals surface area contributed by atoms with E-state index in [1.54, 1.807) is 0 Å². The Balaban J connectivity index is 0.000000617. The first-order chi connectivity index (χ1) is 17.6. The van der Waals surface area contributed by atoms with Crippen LogP contribution in [0.2, 0.25) is 0 Å². The number of hydrogen-bond acceptors (Lipinski definition) is 0. The third-order valence-electron chi connectivity index (χ3n) is 6.77. The zero-order chi connectivity index (χ0) is 27.9. The number of halogens is 4. The van der Waals surface area contributed by atoms with Gasteiger partial charge in [0.2, 0.25) is 0 Å². The Kier molecular flexibility index (Phi) is 8.99. The summed E-state index contributed by atoms with van der Waals surface area (Å²) in [6, 6.07) is 31.3. The van der Waals surface area contributed by atoms with E-state index in [1.165, 1.54) is 55.6 Å². The van der Waals surface area contributed by atoms with Crippen LogP contribution >= 0.6 is 34.1 Å². The molecule has 0 unspecified atom stereocenters. The predicted octanol–water partition coefficient (Wildman–Crippen LogP) is 12.0. The van der Waals surface area contributed by atoms with Gasteiger partial charge in [-0.3, -0.25) is 0 Å². The molecule has 0 aromatic heterocycles. The zero-order valence-corrected chi connectivity index (χ0v) is 28.2. The fourth-order valence-electron chi connectivity index (χ4n) is 5.06. The predicted molar refractivity (Wildman–Crippen MR) is 166 cm³/mol. The van der Waals surface area contributed by atoms with Gasteiger partial charge in [0.25, 0.3) is 0 Å². The SMILES string of the molecule is CC(C)(C)c1cc2c(cc1-c1ccccc1)[CH]c1cc(-c3ccccc3)c(C(C)(C)C)cc1-2.[Cl][Zr]([Cl])([Cl])[Cl]. The van der Waals surface area contributed by atoms with Crippen LogP contribution in [0, 0.1) is 6.42 Å². The fraction of sp³-hybridized carbons (Fsp3) is 0.242. The van der Waals surface area contributed by atoms with Crippen molar-refractivity contribution in [2.45, 2.75) is 52.4 Å². The summed E-state index contributed by atoms with van der Waals surface area (Å²) in [5.41, 5.74) is 13.5. The Bertz CT molecular complexity index is 1310. The number of hydrogen-bond donors (Lipinski definition) is 0. The normalized spacial score (nSPS) is 12.9. The molecule has 0 saturated heterocycles. The minimum atomic E-state index is -3.29. The van der Waals surface area contributed by atoms with E-state index < -0.39 is 15.5 Å². The van der Waals surface area contributed by atoms with Gasteiger partial charge in [-0.25, -0.2) is 0 Å². The maximum absolute atomic E-state index is 5.04. The fourth-order valence-corrected chi connectivity index (χ4v) is 5.06. The molecule has 0 spiro atoms. The first-order valence-electron chi connectivity index (χ1n) is 12.7. The Morgan fingerprint density at radius 2 is 0.789 bits per heavy atom. The molecule has 5 heteroatoms. The second-order valence-electron chi connectivity index (χ2n) is 11.8. The van der Waals surface area contributed by atoms with Gasteiger partial charge < -0.3 is 0 Å². The molecule has 4 aromatic rings. The van der Waals surface area contributed by atoms with E-state index in [1.807, 2.05) is 0 Å². The summed E-state index contributed by atoms with van der Waals surface area (Å²) in [4.78, 5) is 0. The molecular formula is C33H33Cl4Zr. The Hall–Kier alpha value is -1.08. The van der Waals surface area contributed by atoms with E-state index in [0.717, 1.165) is 0 Å². The number of fused-ring (bicyclic) bond motifs is 3. The van der Waals surface area contributed by atoms with Crippen molar-refractivity contribution < 1.29 is 15.5 Å². The van der Waals surface area contributed by atoms with Crippen LogP contribution in [0.25, 0.3) is 33.4 Å². The van der Waals surface area contributed by atoms with Gasteiger partial charge in [0.15, 0.2) is 0 Å². The first kappa shape index (κ1) is 29.9. The van der Waals surface area contributed by atoms with Crippen LogP contribution in [0.3, 0.4) is 0 Å². The second-order valence-corrected chi connectivity index (χ2v) is 34.2. The van der Waals surface area contributed by atoms with E-state index in [-0.39, 0.29) is 10.8 Å². The van der Waals surface area contributed by atoms with E-state index >= 15 is 0 Å². The van der Waals surface area contributed by atoms with Crippen molar-refractivity contribution in [1.82, 2.24) is 0 Å². The molecule has 1 radical (unpaired) electrons. The zero-order valence-electron chi connectivity index (χ0n) is 22.7. The molecule has 1 aliphatic rings. The average molecular weight is 663 g/mol. The van der Waals surface area contributed by atoms with Crippen molar-refractivity contribution in [2.75, 3.05) is 0 Å². The summed E-state index contributed by atoms with van der Waals surface area (Å²) in [6.45, 7) is 13.9. The molecule has 0 N–H and O–H groups in total. The van der Waals surface area contributed by atoms with Crippen LogP contribution < -0.4 is 0 Å². The van der Waals surface area contributed by atoms with E-state index in [4.69, 9.17) is 34.1 Å². The third kappa shape index (κ3) is 7.16. The molecular weight excluding hydrogens is 629 g/mol. The van der Waals surface area contributed by atoms with E-state index in [2.05, 4.69) is 133 Å². The van der Waals surface area contributed by atoms with Gasteiger partial charge in [0.1, 0.15) is 0 Å². The summed E-state index contributed by atoms with van der Waals surface area (Å²) in [7, 11) is 20.1. The molecule has 197 valence electrons. The van der Waals surface area contributed by atoms with Gasteiger partial charge >= 0.3 is 49.5 Å². The summed E-state index contributed by atoms with van der Waals surface area (Å²) in [5.74, 6) is 0. The molecule has 0 nitrogen and oxygen atoms in total. The molecule has 0 aliphatic heterocycles. The molecule has 0 amide bonds. The summed E-state index contributed by atoms with van der Waals surface area (Å²) < 4.78 is 0. The topological polar surface area (TPSA) is 0 Å². The van der Waals surface area contributed by atoms with Gasteiger partial charge in [-0.05, 0) is 90.7 Å². The van der Waals surface area contributed by atoms with Crippen LogP contribution in [0.1, 0.15) is 63.8 Å². The molecule has 5 rings (SSSR count). The van der Waals surface area contributed by atoms with Crippen molar-refractivity contribution in [1.29, 1.82) is 0 Å². The van der Waals surface area contributed by atoms with Crippen molar-refractivity contribution in [3.63, 3.8) is 0 Å². The molecule has 38 heavy (non-hydrogen) atoms. The average Bonchev–Trinajstić information content (AvgIpc) is 3.18. The quantitative estimate of drug-likeness (QED) is 0.176. The van der Waals surface area contributed by atoms with Crippen molar-refractivity contribution in [2.24, 2.45) is 0 Å². The van der Waals surface area contributed by atoms with E-state index in [9.17, 15) is 0 Å². The molecule has 0 heterocycles. The third-order valence-corrected chi connectivity index (χ3v) is 6.77. The monoisotopic (exact) mass is 659 g/mol. The molecule has 0 bridgehead atoms. The molecule has 4 aromatic carbocycles. The second kappa shape index (κ2) is 11.4. The number of rotatable bonds is 2. The first-order valence-corrected chi connectivity index (χ1v) is 25.4. The van der Waals surface area contributed by atoms with Gasteiger partial charge in [-0.2, -0.15) is 0 Å². The molecule has 0 fully saturated rings. The summed E-state index contributed by atoms with van der Waals surface area (Å²) in [6.07, 6.45) is 2.38. The van der Waals surface area contributed by atoms with E-state index in [0.29, 0.717) is 0 Å². The Morgan fingerprint density at radius 3 is 1.08 bits per heavy atom. The standard InChI is InChI=1S/C33H33.4ClH.Zr/c1-32(2,3)30-20-26-24(18-28(30)22-13-9-7-10-14-22)17-25-19-29(23-15-11-8-12-16-23)31(21-27(25)26)33(4,5)6;;;;;/h7-21H,1-6H3;4*1H;/q;;;;;+4/p-4. The summed E-state index contributed by atoms with van der Waals surface area (Å²) >= 11 is -3.29. The van der Waals surface area contributed by atoms with Crippen molar-refractivity contribution >= 4 is 34.1 Å². The van der Waals surface area contributed by atoms with Crippen LogP contribution in [0.15, 0.2) is 84.9 Å². The van der Waals surface area contributed by atoms with Crippen molar-refractivity contribution in [3.05, 3.63) is 114 Å². The Morgan fingerprint density at radius 1 is 0.474 bits per heavy atom. The summed E-state index contributed by atoms with van der Waals surface area (Å²) in [5, 5.41) is 0. The van der Waals surface area contributed by atoms with Crippen LogP contribution in [0.4, 0.5) is 0 Å². The maximum atomic E-state index is 5.04. The van der Waals surface area contributed by atoms with Gasteiger partial charge in [-0.1, -0.05) is 102 Å². The number of benzene rings is 4. The molecule has 0 saturated carbocycles. The van der Waals surface area contributed by atoms with Gasteiger partial charge in [-0.15, -0.1) is 0 Å². The van der Waals surface area contributed by atoms with Gasteiger partial charge in [0, 0.05) is 6.42 Å². The molecule has 1 aliphatic carbocycles. The van der Waals surface area contributed by atoms with Gasteiger partial charge in [0.05, 0.1) is 0 Å². The Labute approximate surface area is 246 Å². The van der Waals surface area contributed by atoms with Crippen molar-refractivity contribution in [3.8, 4) is 33.4 Å². The van der Waals surface area contributed by atoms with Crippen LogP contribution in [0.5, 0.6) is 0 Å². The van der Waals surface area contributed by atoms with Crippen LogP contribution in [-0.2, 0) is 26.3 Å². The minimum absolute atomic E-state index is 0.0554.